The molecular weight excluding hydrogens is 422 g/mol. The first-order valence-electron chi connectivity index (χ1n) is 9.76. The number of carbonyl (C=O) groups excluding carboxylic acids is 2. The van der Waals surface area contributed by atoms with Crippen molar-refractivity contribution in [1.82, 2.24) is 4.31 Å². The second-order valence-corrected chi connectivity index (χ2v) is 8.92. The van der Waals surface area contributed by atoms with Gasteiger partial charge in [-0.25, -0.2) is 8.42 Å². The van der Waals surface area contributed by atoms with Gasteiger partial charge in [-0.15, -0.1) is 0 Å². The topological polar surface area (TPSA) is 128 Å². The van der Waals surface area contributed by atoms with Crippen molar-refractivity contribution in [2.24, 2.45) is 5.73 Å². The number of carbonyl (C=O) groups is 2. The molecule has 10 heteroatoms. The fraction of sp³-hybridized carbons (Fsp3) is 0.333. The minimum absolute atomic E-state index is 0.120. The maximum Gasteiger partial charge on any atom is 0.248 e. The second-order valence-electron chi connectivity index (χ2n) is 6.98. The molecule has 1 aliphatic rings. The van der Waals surface area contributed by atoms with Crippen LogP contribution in [0.5, 0.6) is 5.75 Å². The molecule has 0 radical (unpaired) electrons. The third-order valence-corrected chi connectivity index (χ3v) is 6.83. The number of benzene rings is 2. The highest BCUT2D eigenvalue weighted by Gasteiger charge is 2.27. The van der Waals surface area contributed by atoms with E-state index in [1.54, 1.807) is 24.3 Å². The van der Waals surface area contributed by atoms with Crippen LogP contribution >= 0.6 is 0 Å². The summed E-state index contributed by atoms with van der Waals surface area (Å²) in [5, 5.41) is 2.74. The van der Waals surface area contributed by atoms with Gasteiger partial charge in [0.1, 0.15) is 5.75 Å². The van der Waals surface area contributed by atoms with E-state index < -0.39 is 15.9 Å². The van der Waals surface area contributed by atoms with Crippen LogP contribution in [0.2, 0.25) is 0 Å². The molecule has 2 aromatic rings. The molecule has 3 rings (SSSR count). The fourth-order valence-electron chi connectivity index (χ4n) is 3.24. The van der Waals surface area contributed by atoms with Crippen LogP contribution in [-0.2, 0) is 26.0 Å². The van der Waals surface area contributed by atoms with Gasteiger partial charge in [0.15, 0.2) is 0 Å². The number of hydrogen-bond acceptors (Lipinski definition) is 6. The maximum absolute atomic E-state index is 12.9. The third kappa shape index (κ3) is 5.60. The van der Waals surface area contributed by atoms with Crippen molar-refractivity contribution in [3.63, 3.8) is 0 Å². The van der Waals surface area contributed by atoms with Crippen molar-refractivity contribution >= 4 is 27.5 Å². The molecule has 1 fully saturated rings. The molecule has 2 aromatic carbocycles. The predicted octanol–water partition coefficient (Wildman–Crippen LogP) is 1.39. The summed E-state index contributed by atoms with van der Waals surface area (Å²) >= 11 is 0. The van der Waals surface area contributed by atoms with Gasteiger partial charge in [0.2, 0.25) is 21.8 Å². The summed E-state index contributed by atoms with van der Waals surface area (Å²) in [7, 11) is -2.15. The summed E-state index contributed by atoms with van der Waals surface area (Å²) in [6.07, 6.45) is 0.413. The lowest BCUT2D eigenvalue weighted by Crippen LogP contribution is -2.40. The van der Waals surface area contributed by atoms with E-state index in [0.29, 0.717) is 55.3 Å². The number of nitrogens with two attached hydrogens (primary N) is 1. The van der Waals surface area contributed by atoms with E-state index >= 15 is 0 Å². The smallest absolute Gasteiger partial charge is 0.248 e. The van der Waals surface area contributed by atoms with E-state index in [1.165, 1.54) is 29.6 Å². The number of hydrogen-bond donors (Lipinski definition) is 2. The molecular formula is C21H25N3O6S. The first-order valence-corrected chi connectivity index (χ1v) is 11.2. The number of primary amides is 1. The zero-order chi connectivity index (χ0) is 22.4. The number of anilines is 1. The zero-order valence-corrected chi connectivity index (χ0v) is 18.0. The normalized spacial score (nSPS) is 14.7. The van der Waals surface area contributed by atoms with E-state index in [9.17, 15) is 18.0 Å². The molecule has 2 amide bonds. The monoisotopic (exact) mass is 447 g/mol. The Hall–Kier alpha value is -2.95. The molecule has 1 aliphatic heterocycles. The lowest BCUT2D eigenvalue weighted by molar-refractivity contribution is -0.116. The quantitative estimate of drug-likeness (QED) is 0.629. The van der Waals surface area contributed by atoms with Crippen molar-refractivity contribution in [3.05, 3.63) is 53.6 Å². The first-order chi connectivity index (χ1) is 14.8. The molecule has 0 aliphatic carbocycles. The maximum atomic E-state index is 12.9. The minimum Gasteiger partial charge on any atom is -0.496 e. The highest BCUT2D eigenvalue weighted by atomic mass is 32.2. The lowest BCUT2D eigenvalue weighted by Gasteiger charge is -2.26. The standard InChI is InChI=1S/C21H25N3O6S/c1-29-19-8-7-18(31(27,28)24-10-12-30-13-11-24)14-16(19)4-9-20(25)23-17-5-2-15(3-6-17)21(22)26/h2-3,5-8,14H,4,9-13H2,1H3,(H2,22,26)(H,23,25). The van der Waals surface area contributed by atoms with Gasteiger partial charge in [0.05, 0.1) is 25.2 Å². The van der Waals surface area contributed by atoms with Gasteiger partial charge in [-0.1, -0.05) is 0 Å². The van der Waals surface area contributed by atoms with Gasteiger partial charge >= 0.3 is 0 Å². The van der Waals surface area contributed by atoms with Crippen LogP contribution in [0.15, 0.2) is 47.4 Å². The number of ether oxygens (including phenoxy) is 2. The molecule has 0 saturated carbocycles. The van der Waals surface area contributed by atoms with Gasteiger partial charge in [-0.3, -0.25) is 9.59 Å². The number of rotatable bonds is 8. The number of methoxy groups -OCH3 is 1. The van der Waals surface area contributed by atoms with Crippen LogP contribution in [-0.4, -0.2) is 58.0 Å². The van der Waals surface area contributed by atoms with Gasteiger partial charge in [-0.2, -0.15) is 4.31 Å². The number of nitrogens with zero attached hydrogens (tertiary/aromatic N) is 1. The Kier molecular flexibility index (Phi) is 7.26. The summed E-state index contributed by atoms with van der Waals surface area (Å²) in [4.78, 5) is 23.6. The van der Waals surface area contributed by atoms with Gasteiger partial charge in [0, 0.05) is 30.8 Å². The molecule has 0 unspecified atom stereocenters. The van der Waals surface area contributed by atoms with Crippen molar-refractivity contribution < 1.29 is 27.5 Å². The Morgan fingerprint density at radius 2 is 1.81 bits per heavy atom. The number of sulfonamides is 1. The predicted molar refractivity (Wildman–Crippen MR) is 114 cm³/mol. The van der Waals surface area contributed by atoms with E-state index in [2.05, 4.69) is 5.32 Å². The molecule has 9 nitrogen and oxygen atoms in total. The summed E-state index contributed by atoms with van der Waals surface area (Å²) in [5.74, 6) is -0.285. The largest absolute Gasteiger partial charge is 0.496 e. The van der Waals surface area contributed by atoms with Crippen LogP contribution in [0, 0.1) is 0 Å². The van der Waals surface area contributed by atoms with Gasteiger partial charge in [-0.05, 0) is 54.4 Å². The minimum atomic E-state index is -3.65. The third-order valence-electron chi connectivity index (χ3n) is 4.93. The fourth-order valence-corrected chi connectivity index (χ4v) is 4.70. The number of amides is 2. The van der Waals surface area contributed by atoms with Crippen LogP contribution in [0.4, 0.5) is 5.69 Å². The number of aryl methyl sites for hydroxylation is 1. The zero-order valence-electron chi connectivity index (χ0n) is 17.2. The summed E-state index contributed by atoms with van der Waals surface area (Å²) in [5.41, 5.74) is 6.71. The van der Waals surface area contributed by atoms with Crippen molar-refractivity contribution in [1.29, 1.82) is 0 Å². The second kappa shape index (κ2) is 9.90. The van der Waals surface area contributed by atoms with E-state index in [1.807, 2.05) is 0 Å². The molecule has 0 atom stereocenters. The first kappa shape index (κ1) is 22.7. The molecule has 3 N–H and O–H groups in total. The van der Waals surface area contributed by atoms with Crippen LogP contribution in [0.1, 0.15) is 22.3 Å². The summed E-state index contributed by atoms with van der Waals surface area (Å²) in [6.45, 7) is 1.34. The Bertz CT molecular complexity index is 1050. The molecule has 166 valence electrons. The summed E-state index contributed by atoms with van der Waals surface area (Å²) in [6, 6.07) is 10.9. The molecule has 31 heavy (non-hydrogen) atoms. The average molecular weight is 448 g/mol. The Morgan fingerprint density at radius 3 is 2.42 bits per heavy atom. The van der Waals surface area contributed by atoms with Crippen LogP contribution < -0.4 is 15.8 Å². The molecule has 1 saturated heterocycles. The SMILES string of the molecule is COc1ccc(S(=O)(=O)N2CCOCC2)cc1CCC(=O)Nc1ccc(C(N)=O)cc1. The van der Waals surface area contributed by atoms with Crippen molar-refractivity contribution in [2.75, 3.05) is 38.7 Å². The Balaban J connectivity index is 1.69. The molecule has 0 bridgehead atoms. The molecule has 0 spiro atoms. The highest BCUT2D eigenvalue weighted by molar-refractivity contribution is 7.89. The van der Waals surface area contributed by atoms with Crippen LogP contribution in [0.3, 0.4) is 0 Å². The van der Waals surface area contributed by atoms with Crippen molar-refractivity contribution in [2.45, 2.75) is 17.7 Å². The highest BCUT2D eigenvalue weighted by Crippen LogP contribution is 2.26. The Morgan fingerprint density at radius 1 is 1.13 bits per heavy atom. The average Bonchev–Trinajstić information content (AvgIpc) is 2.78. The number of morpholine rings is 1. The van der Waals surface area contributed by atoms with E-state index in [-0.39, 0.29) is 17.2 Å². The van der Waals surface area contributed by atoms with Gasteiger partial charge < -0.3 is 20.5 Å². The van der Waals surface area contributed by atoms with Crippen LogP contribution in [0.25, 0.3) is 0 Å². The molecule has 0 aromatic heterocycles. The van der Waals surface area contributed by atoms with E-state index in [4.69, 9.17) is 15.2 Å². The van der Waals surface area contributed by atoms with Crippen molar-refractivity contribution in [3.8, 4) is 5.75 Å². The summed E-state index contributed by atoms with van der Waals surface area (Å²) < 4.78 is 37.8. The molecule has 1 heterocycles. The number of nitrogens with one attached hydrogen (secondary N) is 1. The lowest BCUT2D eigenvalue weighted by atomic mass is 10.1. The van der Waals surface area contributed by atoms with E-state index in [0.717, 1.165) is 0 Å². The van der Waals surface area contributed by atoms with Gasteiger partial charge in [0.25, 0.3) is 0 Å². The Labute approximate surface area is 181 Å².